The summed E-state index contributed by atoms with van der Waals surface area (Å²) in [5.41, 5.74) is 0. The van der Waals surface area contributed by atoms with E-state index in [0.29, 0.717) is 0 Å². The minimum Gasteiger partial charge on any atom is -0.470 e. The van der Waals surface area contributed by atoms with E-state index in [9.17, 15) is 0 Å². The minimum absolute atomic E-state index is 0.933. The second-order valence-corrected chi connectivity index (χ2v) is 1.39. The lowest BCUT2D eigenvalue weighted by Crippen LogP contribution is -1.79. The lowest BCUT2D eigenvalue weighted by Gasteiger charge is -1.98. The highest BCUT2D eigenvalue weighted by atomic mass is 16.5. The maximum atomic E-state index is 4.97. The molecule has 1 nitrogen and oxygen atoms in total. The molecule has 0 aliphatic rings. The average Bonchev–Trinajstić information content (AvgIpc) is 1.83. The maximum absolute atomic E-state index is 4.97. The molecule has 0 aromatic heterocycles. The van der Waals surface area contributed by atoms with Crippen LogP contribution in [0.25, 0.3) is 0 Å². The Hall–Kier alpha value is -0.720. The summed E-state index contributed by atoms with van der Waals surface area (Å²) in [6.45, 7) is 7.42. The van der Waals surface area contributed by atoms with Gasteiger partial charge in [-0.05, 0) is 13.0 Å². The summed E-state index contributed by atoms with van der Waals surface area (Å²) in [7, 11) is 0. The van der Waals surface area contributed by atoms with Crippen LogP contribution in [0, 0.1) is 0 Å². The first-order chi connectivity index (χ1) is 3.85. The molecule has 0 saturated heterocycles. The van der Waals surface area contributed by atoms with Gasteiger partial charge in [0.25, 0.3) is 0 Å². The fourth-order valence-electron chi connectivity index (χ4n) is 0.463. The fraction of sp³-hybridized carbons (Fsp3) is 0.429. The van der Waals surface area contributed by atoms with Crippen molar-refractivity contribution in [2.75, 3.05) is 0 Å². The third kappa shape index (κ3) is 2.45. The van der Waals surface area contributed by atoms with Gasteiger partial charge in [-0.15, -0.1) is 0 Å². The molecule has 0 amide bonds. The van der Waals surface area contributed by atoms with E-state index in [1.54, 1.807) is 0 Å². The Morgan fingerprint density at radius 3 is 2.50 bits per heavy atom. The van der Waals surface area contributed by atoms with E-state index in [0.717, 1.165) is 12.2 Å². The van der Waals surface area contributed by atoms with Gasteiger partial charge in [0.2, 0.25) is 0 Å². The summed E-state index contributed by atoms with van der Waals surface area (Å²) in [6, 6.07) is 0. The van der Waals surface area contributed by atoms with Crippen LogP contribution in [0.4, 0.5) is 0 Å². The van der Waals surface area contributed by atoms with Gasteiger partial charge in [-0.3, -0.25) is 0 Å². The van der Waals surface area contributed by atoms with Crippen LogP contribution in [0.5, 0.6) is 0 Å². The molecule has 0 bridgehead atoms. The predicted molar refractivity (Wildman–Crippen MR) is 35.3 cm³/mol. The predicted octanol–water partition coefficient (Wildman–Crippen LogP) is 2.46. The Kier molecular flexibility index (Phi) is 4.04. The molecule has 0 spiro atoms. The van der Waals surface area contributed by atoms with E-state index in [4.69, 9.17) is 4.74 Å². The van der Waals surface area contributed by atoms with E-state index in [-0.39, 0.29) is 0 Å². The van der Waals surface area contributed by atoms with Crippen LogP contribution in [0.15, 0.2) is 24.7 Å². The van der Waals surface area contributed by atoms with Crippen molar-refractivity contribution >= 4 is 0 Å². The molecule has 0 atom stereocenters. The quantitative estimate of drug-likeness (QED) is 0.509. The largest absolute Gasteiger partial charge is 0.470 e. The highest BCUT2D eigenvalue weighted by molar-refractivity contribution is 4.90. The maximum Gasteiger partial charge on any atom is 0.0986 e. The highest BCUT2D eigenvalue weighted by Gasteiger charge is 1.84. The van der Waals surface area contributed by atoms with Crippen molar-refractivity contribution in [2.24, 2.45) is 0 Å². The Morgan fingerprint density at radius 1 is 1.75 bits per heavy atom. The third-order valence-electron chi connectivity index (χ3n) is 0.905. The summed E-state index contributed by atoms with van der Waals surface area (Å²) >= 11 is 0. The number of hydrogen-bond donors (Lipinski definition) is 0. The van der Waals surface area contributed by atoms with Crippen LogP contribution in [0.3, 0.4) is 0 Å². The van der Waals surface area contributed by atoms with Crippen molar-refractivity contribution in [3.63, 3.8) is 0 Å². The lowest BCUT2D eigenvalue weighted by molar-refractivity contribution is 0.338. The summed E-state index contributed by atoms with van der Waals surface area (Å²) in [5.74, 6) is 0.972. The number of allylic oxidation sites excluding steroid dienone is 2. The molecular formula is C7H12O. The Morgan fingerprint density at radius 2 is 2.38 bits per heavy atom. The van der Waals surface area contributed by atoms with E-state index >= 15 is 0 Å². The van der Waals surface area contributed by atoms with Crippen molar-refractivity contribution in [2.45, 2.75) is 20.3 Å². The molecule has 0 aliphatic heterocycles. The zero-order valence-corrected chi connectivity index (χ0v) is 5.48. The zero-order chi connectivity index (χ0) is 6.41. The second-order valence-electron chi connectivity index (χ2n) is 1.39. The van der Waals surface area contributed by atoms with Crippen LogP contribution in [-0.4, -0.2) is 0 Å². The van der Waals surface area contributed by atoms with E-state index in [1.165, 1.54) is 6.26 Å². The van der Waals surface area contributed by atoms with Gasteiger partial charge in [0, 0.05) is 6.42 Å². The monoisotopic (exact) mass is 112 g/mol. The van der Waals surface area contributed by atoms with Gasteiger partial charge in [-0.25, -0.2) is 0 Å². The fourth-order valence-corrected chi connectivity index (χ4v) is 0.463. The molecular weight excluding hydrogens is 100 g/mol. The van der Waals surface area contributed by atoms with Crippen molar-refractivity contribution in [1.82, 2.24) is 0 Å². The topological polar surface area (TPSA) is 9.23 Å². The number of ether oxygens (including phenoxy) is 1. The molecule has 0 aromatic carbocycles. The summed E-state index contributed by atoms with van der Waals surface area (Å²) in [6.07, 6.45) is 4.31. The summed E-state index contributed by atoms with van der Waals surface area (Å²) in [4.78, 5) is 0. The van der Waals surface area contributed by atoms with Gasteiger partial charge < -0.3 is 4.74 Å². The first-order valence-corrected chi connectivity index (χ1v) is 2.77. The highest BCUT2D eigenvalue weighted by Crippen LogP contribution is 2.00. The van der Waals surface area contributed by atoms with Gasteiger partial charge >= 0.3 is 0 Å². The average molecular weight is 112 g/mol. The first kappa shape index (κ1) is 7.28. The Bertz CT molecular complexity index is 92.6. The normalized spacial score (nSPS) is 11.0. The molecule has 0 rings (SSSR count). The van der Waals surface area contributed by atoms with Crippen LogP contribution in [0.1, 0.15) is 20.3 Å². The smallest absolute Gasteiger partial charge is 0.0986 e. The Balaban J connectivity index is 3.53. The Labute approximate surface area is 50.7 Å². The van der Waals surface area contributed by atoms with Crippen LogP contribution in [0.2, 0.25) is 0 Å². The van der Waals surface area contributed by atoms with Gasteiger partial charge in [-0.1, -0.05) is 13.5 Å². The van der Waals surface area contributed by atoms with Gasteiger partial charge in [-0.2, -0.15) is 0 Å². The van der Waals surface area contributed by atoms with Crippen molar-refractivity contribution in [3.8, 4) is 0 Å². The van der Waals surface area contributed by atoms with E-state index in [2.05, 4.69) is 6.58 Å². The minimum atomic E-state index is 0.933. The first-order valence-electron chi connectivity index (χ1n) is 2.77. The molecule has 0 saturated carbocycles. The number of hydrogen-bond acceptors (Lipinski definition) is 1. The van der Waals surface area contributed by atoms with Crippen LogP contribution in [-0.2, 0) is 4.74 Å². The second kappa shape index (κ2) is 4.44. The van der Waals surface area contributed by atoms with Gasteiger partial charge in [0.05, 0.1) is 12.0 Å². The summed E-state index contributed by atoms with van der Waals surface area (Å²) < 4.78 is 4.97. The molecule has 0 N–H and O–H groups in total. The van der Waals surface area contributed by atoms with Crippen molar-refractivity contribution < 1.29 is 4.74 Å². The SMILES string of the molecule is C=CO/C(=C\C)CC. The molecule has 46 valence electrons. The lowest BCUT2D eigenvalue weighted by atomic mass is 10.4. The summed E-state index contributed by atoms with van der Waals surface area (Å²) in [5, 5.41) is 0. The van der Waals surface area contributed by atoms with Crippen LogP contribution >= 0.6 is 0 Å². The van der Waals surface area contributed by atoms with E-state index in [1.807, 2.05) is 19.9 Å². The number of rotatable bonds is 3. The van der Waals surface area contributed by atoms with Crippen molar-refractivity contribution in [3.05, 3.63) is 24.7 Å². The van der Waals surface area contributed by atoms with Crippen molar-refractivity contribution in [1.29, 1.82) is 0 Å². The molecule has 0 unspecified atom stereocenters. The van der Waals surface area contributed by atoms with E-state index < -0.39 is 0 Å². The van der Waals surface area contributed by atoms with Gasteiger partial charge in [0.1, 0.15) is 0 Å². The molecule has 1 heteroatoms. The third-order valence-corrected chi connectivity index (χ3v) is 0.905. The standard InChI is InChI=1S/C7H12O/c1-4-7(5-2)8-6-3/h4,6H,3,5H2,1-2H3/b7-4-. The molecule has 0 radical (unpaired) electrons. The molecule has 8 heavy (non-hydrogen) atoms. The van der Waals surface area contributed by atoms with Crippen LogP contribution < -0.4 is 0 Å². The molecule has 0 heterocycles. The molecule has 0 aromatic rings. The van der Waals surface area contributed by atoms with Gasteiger partial charge in [0.15, 0.2) is 0 Å². The molecule has 0 fully saturated rings. The zero-order valence-electron chi connectivity index (χ0n) is 5.48. The molecule has 0 aliphatic carbocycles.